The van der Waals surface area contributed by atoms with Crippen LogP contribution in [0.4, 0.5) is 0 Å². The molecule has 1 atom stereocenters. The molecule has 0 bridgehead atoms. The van der Waals surface area contributed by atoms with Gasteiger partial charge in [-0.1, -0.05) is 6.42 Å². The predicted octanol–water partition coefficient (Wildman–Crippen LogP) is 1.30. The predicted molar refractivity (Wildman–Crippen MR) is 75.3 cm³/mol. The monoisotopic (exact) mass is 277 g/mol. The highest BCUT2D eigenvalue weighted by molar-refractivity contribution is 5.79. The van der Waals surface area contributed by atoms with Crippen molar-refractivity contribution in [3.8, 4) is 0 Å². The second-order valence-corrected chi connectivity index (χ2v) is 6.01. The Labute approximate surface area is 119 Å². The van der Waals surface area contributed by atoms with Crippen LogP contribution in [0.25, 0.3) is 0 Å². The second kappa shape index (κ2) is 5.56. The van der Waals surface area contributed by atoms with Gasteiger partial charge in [0.2, 0.25) is 5.91 Å². The van der Waals surface area contributed by atoms with Crippen LogP contribution in [0.3, 0.4) is 0 Å². The van der Waals surface area contributed by atoms with Gasteiger partial charge in [0.1, 0.15) is 0 Å². The van der Waals surface area contributed by atoms with Gasteiger partial charge in [0.05, 0.1) is 31.4 Å². The van der Waals surface area contributed by atoms with Gasteiger partial charge in [0.25, 0.3) is 0 Å². The molecule has 20 heavy (non-hydrogen) atoms. The fourth-order valence-electron chi connectivity index (χ4n) is 3.23. The van der Waals surface area contributed by atoms with E-state index in [9.17, 15) is 4.79 Å². The molecule has 1 aliphatic carbocycles. The first kappa shape index (κ1) is 13.6. The van der Waals surface area contributed by atoms with E-state index < -0.39 is 0 Å². The molecular weight excluding hydrogens is 254 g/mol. The Bertz CT molecular complexity index is 493. The summed E-state index contributed by atoms with van der Waals surface area (Å²) in [5, 5.41) is 4.31. The van der Waals surface area contributed by atoms with Crippen LogP contribution in [0.15, 0.2) is 6.20 Å². The van der Waals surface area contributed by atoms with Gasteiger partial charge in [-0.05, 0) is 25.7 Å². The summed E-state index contributed by atoms with van der Waals surface area (Å²) < 4.78 is 7.37. The molecular formula is C15H23N3O2. The van der Waals surface area contributed by atoms with Gasteiger partial charge in [-0.15, -0.1) is 0 Å². The lowest BCUT2D eigenvalue weighted by Gasteiger charge is -2.43. The summed E-state index contributed by atoms with van der Waals surface area (Å²) in [5.41, 5.74) is 1.99. The van der Waals surface area contributed by atoms with Crippen molar-refractivity contribution in [1.82, 2.24) is 14.7 Å². The van der Waals surface area contributed by atoms with Crippen LogP contribution in [0.1, 0.15) is 30.5 Å². The summed E-state index contributed by atoms with van der Waals surface area (Å²) in [7, 11) is 1.90. The number of amides is 1. The lowest BCUT2D eigenvalue weighted by Crippen LogP contribution is -2.54. The highest BCUT2D eigenvalue weighted by Crippen LogP contribution is 2.33. The van der Waals surface area contributed by atoms with Crippen LogP contribution < -0.4 is 0 Å². The smallest absolute Gasteiger partial charge is 0.227 e. The Hall–Kier alpha value is -1.36. The number of aromatic nitrogens is 2. The highest BCUT2D eigenvalue weighted by Gasteiger charge is 2.36. The second-order valence-electron chi connectivity index (χ2n) is 6.01. The summed E-state index contributed by atoms with van der Waals surface area (Å²) >= 11 is 0. The Morgan fingerprint density at radius 2 is 2.30 bits per heavy atom. The minimum Gasteiger partial charge on any atom is -0.377 e. The maximum absolute atomic E-state index is 12.6. The standard InChI is InChI=1S/C15H23N3O2/c1-11-13(9-17(2)16-11)8-15(19)18-6-7-20-10-14(18)12-4-3-5-12/h9,12,14H,3-8,10H2,1-2H3. The number of aryl methyl sites for hydroxylation is 2. The molecule has 1 aromatic rings. The van der Waals surface area contributed by atoms with Crippen LogP contribution in [-0.2, 0) is 23.0 Å². The molecule has 0 spiro atoms. The van der Waals surface area contributed by atoms with Gasteiger partial charge in [-0.3, -0.25) is 9.48 Å². The molecule has 1 saturated heterocycles. The summed E-state index contributed by atoms with van der Waals surface area (Å²) in [4.78, 5) is 14.7. The van der Waals surface area contributed by atoms with E-state index in [0.717, 1.165) is 17.8 Å². The number of rotatable bonds is 3. The molecule has 0 aromatic carbocycles. The third-order valence-corrected chi connectivity index (χ3v) is 4.64. The van der Waals surface area contributed by atoms with Crippen molar-refractivity contribution in [3.63, 3.8) is 0 Å². The molecule has 3 rings (SSSR count). The van der Waals surface area contributed by atoms with Crippen LogP contribution in [0.2, 0.25) is 0 Å². The van der Waals surface area contributed by atoms with Gasteiger partial charge in [0.15, 0.2) is 0 Å². The number of nitrogens with zero attached hydrogens (tertiary/aromatic N) is 3. The first-order valence-electron chi connectivity index (χ1n) is 7.51. The van der Waals surface area contributed by atoms with E-state index >= 15 is 0 Å². The molecule has 0 radical (unpaired) electrons. The Kier molecular flexibility index (Phi) is 3.78. The largest absolute Gasteiger partial charge is 0.377 e. The minimum atomic E-state index is 0.223. The van der Waals surface area contributed by atoms with Crippen molar-refractivity contribution >= 4 is 5.91 Å². The molecule has 110 valence electrons. The number of morpholine rings is 1. The molecule has 5 heteroatoms. The molecule has 5 nitrogen and oxygen atoms in total. The first-order chi connectivity index (χ1) is 9.65. The van der Waals surface area contributed by atoms with E-state index in [4.69, 9.17) is 4.74 Å². The number of carbonyl (C=O) groups is 1. The summed E-state index contributed by atoms with van der Waals surface area (Å²) in [6.07, 6.45) is 6.19. The summed E-state index contributed by atoms with van der Waals surface area (Å²) in [6, 6.07) is 0.293. The molecule has 1 saturated carbocycles. The first-order valence-corrected chi connectivity index (χ1v) is 7.51. The van der Waals surface area contributed by atoms with E-state index in [-0.39, 0.29) is 5.91 Å². The highest BCUT2D eigenvalue weighted by atomic mass is 16.5. The number of ether oxygens (including phenoxy) is 1. The van der Waals surface area contributed by atoms with Crippen molar-refractivity contribution in [2.24, 2.45) is 13.0 Å². The van der Waals surface area contributed by atoms with E-state index in [1.165, 1.54) is 19.3 Å². The zero-order chi connectivity index (χ0) is 14.1. The Balaban J connectivity index is 1.69. The van der Waals surface area contributed by atoms with Gasteiger partial charge < -0.3 is 9.64 Å². The van der Waals surface area contributed by atoms with E-state index in [1.807, 2.05) is 20.2 Å². The molecule has 1 amide bonds. The Morgan fingerprint density at radius 1 is 1.50 bits per heavy atom. The van der Waals surface area contributed by atoms with Crippen LogP contribution in [-0.4, -0.2) is 46.4 Å². The van der Waals surface area contributed by atoms with Crippen LogP contribution >= 0.6 is 0 Å². The van der Waals surface area contributed by atoms with E-state index in [0.29, 0.717) is 31.6 Å². The van der Waals surface area contributed by atoms with E-state index in [2.05, 4.69) is 10.00 Å². The molecule has 2 heterocycles. The third-order valence-electron chi connectivity index (χ3n) is 4.64. The molecule has 0 N–H and O–H groups in total. The topological polar surface area (TPSA) is 47.4 Å². The number of hydrogen-bond donors (Lipinski definition) is 0. The van der Waals surface area contributed by atoms with Crippen molar-refractivity contribution in [3.05, 3.63) is 17.5 Å². The normalized spacial score (nSPS) is 23.7. The van der Waals surface area contributed by atoms with Gasteiger partial charge in [-0.25, -0.2) is 0 Å². The average Bonchev–Trinajstić information content (AvgIpc) is 2.66. The van der Waals surface area contributed by atoms with Crippen molar-refractivity contribution < 1.29 is 9.53 Å². The number of carbonyl (C=O) groups excluding carboxylic acids is 1. The fraction of sp³-hybridized carbons (Fsp3) is 0.733. The van der Waals surface area contributed by atoms with Gasteiger partial charge in [0, 0.05) is 25.4 Å². The SMILES string of the molecule is Cc1nn(C)cc1CC(=O)N1CCOCC1C1CCC1. The average molecular weight is 277 g/mol. The summed E-state index contributed by atoms with van der Waals surface area (Å²) in [6.45, 7) is 4.08. The molecule has 1 aliphatic heterocycles. The van der Waals surface area contributed by atoms with Crippen molar-refractivity contribution in [2.45, 2.75) is 38.6 Å². The molecule has 2 aliphatic rings. The van der Waals surface area contributed by atoms with Crippen molar-refractivity contribution in [1.29, 1.82) is 0 Å². The van der Waals surface area contributed by atoms with Gasteiger partial charge in [-0.2, -0.15) is 5.10 Å². The van der Waals surface area contributed by atoms with Crippen molar-refractivity contribution in [2.75, 3.05) is 19.8 Å². The molecule has 1 unspecified atom stereocenters. The molecule has 2 fully saturated rings. The van der Waals surface area contributed by atoms with E-state index in [1.54, 1.807) is 4.68 Å². The molecule has 1 aromatic heterocycles. The fourth-order valence-corrected chi connectivity index (χ4v) is 3.23. The Morgan fingerprint density at radius 3 is 2.90 bits per heavy atom. The maximum Gasteiger partial charge on any atom is 0.227 e. The van der Waals surface area contributed by atoms with Crippen LogP contribution in [0.5, 0.6) is 0 Å². The maximum atomic E-state index is 12.6. The van der Waals surface area contributed by atoms with Crippen LogP contribution in [0, 0.1) is 12.8 Å². The zero-order valence-electron chi connectivity index (χ0n) is 12.3. The summed E-state index contributed by atoms with van der Waals surface area (Å²) in [5.74, 6) is 0.871. The third kappa shape index (κ3) is 2.59. The lowest BCUT2D eigenvalue weighted by molar-refractivity contribution is -0.143. The number of hydrogen-bond acceptors (Lipinski definition) is 3. The lowest BCUT2D eigenvalue weighted by atomic mass is 9.79. The van der Waals surface area contributed by atoms with Gasteiger partial charge >= 0.3 is 0 Å². The quantitative estimate of drug-likeness (QED) is 0.836. The zero-order valence-corrected chi connectivity index (χ0v) is 12.3. The minimum absolute atomic E-state index is 0.223.